The molecule has 1 heterocycles. The number of nitrogens with two attached hydrogens (primary N) is 1. The second kappa shape index (κ2) is 10.6. The molecule has 1 aromatic rings. The highest BCUT2D eigenvalue weighted by Gasteiger charge is 2.41. The summed E-state index contributed by atoms with van der Waals surface area (Å²) in [7, 11) is 0. The Morgan fingerprint density at radius 3 is 2.42 bits per heavy atom. The third-order valence-corrected chi connectivity index (χ3v) is 7.00. The number of benzene rings is 1. The van der Waals surface area contributed by atoms with Crippen molar-refractivity contribution >= 4 is 28.5 Å². The quantitative estimate of drug-likeness (QED) is 0.598. The molecule has 2 amide bonds. The molecular formula is C24H39N4O2S+. The summed E-state index contributed by atoms with van der Waals surface area (Å²) in [6.45, 7) is 12.6. The van der Waals surface area contributed by atoms with E-state index in [0.29, 0.717) is 13.0 Å². The lowest BCUT2D eigenvalue weighted by molar-refractivity contribution is -0.428. The molecule has 31 heavy (non-hydrogen) atoms. The van der Waals surface area contributed by atoms with Gasteiger partial charge in [0, 0.05) is 22.6 Å². The fourth-order valence-corrected chi connectivity index (χ4v) is 4.58. The molecule has 172 valence electrons. The molecule has 1 saturated heterocycles. The van der Waals surface area contributed by atoms with E-state index in [9.17, 15) is 9.59 Å². The van der Waals surface area contributed by atoms with E-state index in [4.69, 9.17) is 5.73 Å². The lowest BCUT2D eigenvalue weighted by atomic mass is 9.86. The van der Waals surface area contributed by atoms with Crippen LogP contribution in [0.4, 0.5) is 0 Å². The molecule has 7 heteroatoms. The molecule has 1 unspecified atom stereocenters. The Bertz CT molecular complexity index is 810. The maximum Gasteiger partial charge on any atom is 0.281 e. The van der Waals surface area contributed by atoms with E-state index in [1.807, 2.05) is 46.8 Å². The zero-order valence-corrected chi connectivity index (χ0v) is 20.6. The molecule has 6 N–H and O–H groups in total. The molecule has 3 atom stereocenters. The van der Waals surface area contributed by atoms with Crippen molar-refractivity contribution in [3.8, 4) is 0 Å². The molecule has 1 aliphatic rings. The average molecular weight is 448 g/mol. The molecular weight excluding hydrogens is 408 g/mol. The van der Waals surface area contributed by atoms with Gasteiger partial charge >= 0.3 is 0 Å². The van der Waals surface area contributed by atoms with Gasteiger partial charge in [-0.3, -0.25) is 9.59 Å². The van der Waals surface area contributed by atoms with Gasteiger partial charge in [0.05, 0.1) is 6.04 Å². The summed E-state index contributed by atoms with van der Waals surface area (Å²) in [6.07, 6.45) is 1.53. The van der Waals surface area contributed by atoms with Crippen molar-refractivity contribution in [2.24, 2.45) is 11.1 Å². The Morgan fingerprint density at radius 1 is 1.29 bits per heavy atom. The van der Waals surface area contributed by atoms with Gasteiger partial charge in [0.25, 0.3) is 5.91 Å². The van der Waals surface area contributed by atoms with E-state index in [1.165, 1.54) is 0 Å². The van der Waals surface area contributed by atoms with Gasteiger partial charge in [-0.25, -0.2) is 0 Å². The zero-order chi connectivity index (χ0) is 23.3. The van der Waals surface area contributed by atoms with Crippen LogP contribution in [0.3, 0.4) is 0 Å². The first-order valence-electron chi connectivity index (χ1n) is 11.1. The summed E-state index contributed by atoms with van der Waals surface area (Å²) in [4.78, 5) is 28.8. The van der Waals surface area contributed by atoms with E-state index in [-0.39, 0.29) is 29.3 Å². The summed E-state index contributed by atoms with van der Waals surface area (Å²) in [6, 6.07) is 7.22. The number of carbonyl (C=O) groups is 2. The van der Waals surface area contributed by atoms with Crippen LogP contribution in [-0.2, 0) is 9.59 Å². The van der Waals surface area contributed by atoms with Crippen molar-refractivity contribution in [3.05, 3.63) is 41.1 Å². The highest BCUT2D eigenvalue weighted by atomic mass is 32.2. The number of allylic oxidation sites excluding steroid dienone is 1. The van der Waals surface area contributed by atoms with Crippen molar-refractivity contribution in [1.82, 2.24) is 10.2 Å². The molecule has 6 nitrogen and oxygen atoms in total. The number of carbonyl (C=O) groups excluding carboxylic acids is 2. The van der Waals surface area contributed by atoms with Crippen molar-refractivity contribution < 1.29 is 15.3 Å². The van der Waals surface area contributed by atoms with Crippen LogP contribution in [0.2, 0.25) is 0 Å². The number of amides is 2. The van der Waals surface area contributed by atoms with E-state index in [2.05, 4.69) is 30.1 Å². The molecule has 2 rings (SSSR count). The smallest absolute Gasteiger partial charge is 0.281 e. The average Bonchev–Trinajstić information content (AvgIpc) is 3.20. The van der Waals surface area contributed by atoms with Gasteiger partial charge < -0.3 is 21.7 Å². The fraction of sp³-hybridized carbons (Fsp3) is 0.583. The van der Waals surface area contributed by atoms with Crippen LogP contribution in [0.15, 0.2) is 30.0 Å². The topological polar surface area (TPSA) is 103 Å². The molecule has 0 radical (unpaired) electrons. The first-order valence-corrected chi connectivity index (χ1v) is 12.1. The Labute approximate surface area is 191 Å². The number of hydrogen-bond acceptors (Lipinski definition) is 4. The Kier molecular flexibility index (Phi) is 8.60. The van der Waals surface area contributed by atoms with E-state index in [1.54, 1.807) is 16.7 Å². The number of nitrogens with one attached hydrogen (secondary N) is 1. The van der Waals surface area contributed by atoms with Crippen LogP contribution in [0, 0.1) is 5.41 Å². The number of likely N-dealkylation sites (tertiary alicyclic amines) is 1. The summed E-state index contributed by atoms with van der Waals surface area (Å²) >= 11 is 1.73. The van der Waals surface area contributed by atoms with Gasteiger partial charge in [-0.15, -0.1) is 11.8 Å². The van der Waals surface area contributed by atoms with Gasteiger partial charge in [0.2, 0.25) is 5.91 Å². The van der Waals surface area contributed by atoms with Crippen LogP contribution < -0.4 is 16.8 Å². The molecule has 0 aliphatic carbocycles. The molecule has 0 bridgehead atoms. The minimum Gasteiger partial charge on any atom is -0.401 e. The molecule has 1 aliphatic heterocycles. The minimum atomic E-state index is -0.420. The molecule has 0 aromatic heterocycles. The standard InChI is InChI=1S/C24H38N4O2S/c1-7-31-20(15(2)25)18-12-10-17(11-13-18)16(3)27-22(29)19-9-8-14-28(19)23(30)21(26)24(4,5)6/h10-13,16,19,21H,7-9,14,25-26H2,1-6H3,(H,27,29)/p+1/b20-15-/t16?,19-,21+/m0/s1. The molecule has 0 spiro atoms. The van der Waals surface area contributed by atoms with Crippen molar-refractivity contribution in [2.45, 2.75) is 72.5 Å². The lowest BCUT2D eigenvalue weighted by Crippen LogP contribution is -2.73. The lowest BCUT2D eigenvalue weighted by Gasteiger charge is -2.30. The van der Waals surface area contributed by atoms with E-state index in [0.717, 1.165) is 33.9 Å². The fourth-order valence-electron chi connectivity index (χ4n) is 3.76. The van der Waals surface area contributed by atoms with Crippen molar-refractivity contribution in [1.29, 1.82) is 0 Å². The number of hydrogen-bond donors (Lipinski definition) is 3. The molecule has 0 saturated carbocycles. The zero-order valence-electron chi connectivity index (χ0n) is 19.8. The number of thioether (sulfide) groups is 1. The molecule has 1 fully saturated rings. The van der Waals surface area contributed by atoms with Crippen LogP contribution in [0.1, 0.15) is 71.6 Å². The maximum atomic E-state index is 13.0. The largest absolute Gasteiger partial charge is 0.401 e. The van der Waals surface area contributed by atoms with Crippen LogP contribution >= 0.6 is 11.8 Å². The highest BCUT2D eigenvalue weighted by molar-refractivity contribution is 8.08. The second-order valence-electron chi connectivity index (χ2n) is 9.41. The SMILES string of the molecule is CCS/C(=C(/C)N)c1ccc(C(C)NC(=O)[C@@H]2CCCN2C(=O)[C@@H]([NH3+])C(C)(C)C)cc1. The number of quaternary nitrogens is 1. The van der Waals surface area contributed by atoms with E-state index >= 15 is 0 Å². The van der Waals surface area contributed by atoms with Gasteiger partial charge in [-0.2, -0.15) is 0 Å². The van der Waals surface area contributed by atoms with Crippen LogP contribution in [-0.4, -0.2) is 41.1 Å². The first kappa shape index (κ1) is 25.3. The van der Waals surface area contributed by atoms with Crippen molar-refractivity contribution in [2.75, 3.05) is 12.3 Å². The van der Waals surface area contributed by atoms with Crippen LogP contribution in [0.5, 0.6) is 0 Å². The third-order valence-electron chi connectivity index (χ3n) is 5.86. The monoisotopic (exact) mass is 447 g/mol. The summed E-state index contributed by atoms with van der Waals surface area (Å²) in [5.41, 5.74) is 12.8. The molecule has 1 aromatic carbocycles. The summed E-state index contributed by atoms with van der Waals surface area (Å²) < 4.78 is 0. The summed E-state index contributed by atoms with van der Waals surface area (Å²) in [5, 5.41) is 3.10. The Morgan fingerprint density at radius 2 is 1.90 bits per heavy atom. The minimum absolute atomic E-state index is 0.0351. The second-order valence-corrected chi connectivity index (χ2v) is 10.7. The number of rotatable bonds is 7. The normalized spacial score (nSPS) is 19.6. The summed E-state index contributed by atoms with van der Waals surface area (Å²) in [5.74, 6) is 0.827. The van der Waals surface area contributed by atoms with Crippen molar-refractivity contribution in [3.63, 3.8) is 0 Å². The maximum absolute atomic E-state index is 13.0. The Balaban J connectivity index is 2.08. The van der Waals surface area contributed by atoms with Gasteiger partial charge in [-0.05, 0) is 43.6 Å². The van der Waals surface area contributed by atoms with E-state index < -0.39 is 6.04 Å². The predicted octanol–water partition coefficient (Wildman–Crippen LogP) is 2.91. The predicted molar refractivity (Wildman–Crippen MR) is 129 cm³/mol. The first-order chi connectivity index (χ1) is 14.5. The highest BCUT2D eigenvalue weighted by Crippen LogP contribution is 2.30. The Hall–Kier alpha value is -1.99. The number of nitrogens with zero attached hydrogens (tertiary/aromatic N) is 1. The van der Waals surface area contributed by atoms with Gasteiger partial charge in [0.1, 0.15) is 6.04 Å². The third kappa shape index (κ3) is 6.26. The van der Waals surface area contributed by atoms with Gasteiger partial charge in [-0.1, -0.05) is 52.0 Å². The van der Waals surface area contributed by atoms with Gasteiger partial charge in [0.15, 0.2) is 6.04 Å². The van der Waals surface area contributed by atoms with Crippen LogP contribution in [0.25, 0.3) is 4.91 Å².